The average molecular weight is 260 g/mol. The van der Waals surface area contributed by atoms with Crippen LogP contribution in [0.15, 0.2) is 18.2 Å². The molecule has 0 fully saturated rings. The summed E-state index contributed by atoms with van der Waals surface area (Å²) in [6.45, 7) is 3.56. The molecule has 0 aliphatic rings. The van der Waals surface area contributed by atoms with Crippen molar-refractivity contribution in [3.8, 4) is 5.75 Å². The molecule has 0 heterocycles. The minimum Gasteiger partial charge on any atom is -0.492 e. The van der Waals surface area contributed by atoms with E-state index >= 15 is 0 Å². The SMILES string of the molecule is CCOc1ccc(N(C)CCCS)cc1Cl. The van der Waals surface area contributed by atoms with E-state index in [0.717, 1.165) is 30.2 Å². The summed E-state index contributed by atoms with van der Waals surface area (Å²) >= 11 is 10.3. The number of ether oxygens (including phenoxy) is 1. The van der Waals surface area contributed by atoms with Gasteiger partial charge in [0.25, 0.3) is 0 Å². The van der Waals surface area contributed by atoms with Crippen molar-refractivity contribution in [3.05, 3.63) is 23.2 Å². The van der Waals surface area contributed by atoms with Gasteiger partial charge in [0.1, 0.15) is 5.75 Å². The van der Waals surface area contributed by atoms with Crippen molar-refractivity contribution in [1.29, 1.82) is 0 Å². The number of hydrogen-bond donors (Lipinski definition) is 1. The van der Waals surface area contributed by atoms with E-state index in [4.69, 9.17) is 16.3 Å². The highest BCUT2D eigenvalue weighted by atomic mass is 35.5. The Hall–Kier alpha value is -0.540. The quantitative estimate of drug-likeness (QED) is 0.785. The molecule has 90 valence electrons. The molecular weight excluding hydrogens is 242 g/mol. The lowest BCUT2D eigenvalue weighted by atomic mass is 10.2. The Morgan fingerprint density at radius 1 is 1.44 bits per heavy atom. The summed E-state index contributed by atoms with van der Waals surface area (Å²) in [6, 6.07) is 5.87. The van der Waals surface area contributed by atoms with Gasteiger partial charge in [0, 0.05) is 19.3 Å². The summed E-state index contributed by atoms with van der Waals surface area (Å²) in [6.07, 6.45) is 1.06. The Morgan fingerprint density at radius 2 is 2.19 bits per heavy atom. The second-order valence-electron chi connectivity index (χ2n) is 3.55. The van der Waals surface area contributed by atoms with Gasteiger partial charge < -0.3 is 9.64 Å². The summed E-state index contributed by atoms with van der Waals surface area (Å²) < 4.78 is 5.39. The maximum atomic E-state index is 6.12. The molecule has 0 N–H and O–H groups in total. The van der Waals surface area contributed by atoms with Crippen molar-refractivity contribution < 1.29 is 4.74 Å². The molecule has 0 aliphatic carbocycles. The van der Waals surface area contributed by atoms with E-state index in [1.165, 1.54) is 0 Å². The first-order valence-corrected chi connectivity index (χ1v) is 6.44. The standard InChI is InChI=1S/C12H18ClNOS/c1-3-15-12-6-5-10(9-11(12)13)14(2)7-4-8-16/h5-6,9,16H,3-4,7-8H2,1-2H3. The van der Waals surface area contributed by atoms with Crippen molar-refractivity contribution in [2.45, 2.75) is 13.3 Å². The summed E-state index contributed by atoms with van der Waals surface area (Å²) in [4.78, 5) is 2.16. The molecule has 0 radical (unpaired) electrons. The number of benzene rings is 1. The van der Waals surface area contributed by atoms with Gasteiger partial charge in [-0.3, -0.25) is 0 Å². The maximum absolute atomic E-state index is 6.12. The Morgan fingerprint density at radius 3 is 2.75 bits per heavy atom. The zero-order valence-corrected chi connectivity index (χ0v) is 11.4. The van der Waals surface area contributed by atoms with Crippen LogP contribution in [0, 0.1) is 0 Å². The third kappa shape index (κ3) is 3.80. The van der Waals surface area contributed by atoms with Gasteiger partial charge in [0.05, 0.1) is 11.6 Å². The predicted molar refractivity (Wildman–Crippen MR) is 74.4 cm³/mol. The van der Waals surface area contributed by atoms with Gasteiger partial charge in [-0.2, -0.15) is 12.6 Å². The Bertz CT molecular complexity index is 333. The molecule has 1 rings (SSSR count). The molecule has 0 amide bonds. The largest absolute Gasteiger partial charge is 0.492 e. The van der Waals surface area contributed by atoms with Crippen LogP contribution in [-0.2, 0) is 0 Å². The van der Waals surface area contributed by atoms with Crippen molar-refractivity contribution >= 4 is 29.9 Å². The van der Waals surface area contributed by atoms with E-state index in [-0.39, 0.29) is 0 Å². The zero-order valence-electron chi connectivity index (χ0n) is 9.74. The molecule has 0 atom stereocenters. The van der Waals surface area contributed by atoms with Gasteiger partial charge in [-0.15, -0.1) is 0 Å². The van der Waals surface area contributed by atoms with Crippen LogP contribution in [0.4, 0.5) is 5.69 Å². The zero-order chi connectivity index (χ0) is 12.0. The lowest BCUT2D eigenvalue weighted by Crippen LogP contribution is -2.18. The second kappa shape index (κ2) is 6.92. The smallest absolute Gasteiger partial charge is 0.138 e. The second-order valence-corrected chi connectivity index (χ2v) is 4.40. The lowest BCUT2D eigenvalue weighted by Gasteiger charge is -2.19. The predicted octanol–water partition coefficient (Wildman–Crippen LogP) is 3.49. The number of anilines is 1. The van der Waals surface area contributed by atoms with Crippen molar-refractivity contribution in [2.75, 3.05) is 30.9 Å². The molecule has 0 unspecified atom stereocenters. The van der Waals surface area contributed by atoms with Gasteiger partial charge in [0.2, 0.25) is 0 Å². The summed E-state index contributed by atoms with van der Waals surface area (Å²) in [5.41, 5.74) is 1.11. The van der Waals surface area contributed by atoms with Crippen LogP contribution in [0.25, 0.3) is 0 Å². The van der Waals surface area contributed by atoms with E-state index in [1.54, 1.807) is 0 Å². The van der Waals surface area contributed by atoms with Crippen LogP contribution in [0.2, 0.25) is 5.02 Å². The molecule has 16 heavy (non-hydrogen) atoms. The third-order valence-corrected chi connectivity index (χ3v) is 2.92. The van der Waals surface area contributed by atoms with E-state index in [1.807, 2.05) is 25.1 Å². The number of halogens is 1. The molecule has 0 spiro atoms. The number of rotatable bonds is 6. The fraction of sp³-hybridized carbons (Fsp3) is 0.500. The first-order chi connectivity index (χ1) is 7.69. The molecule has 0 aliphatic heterocycles. The topological polar surface area (TPSA) is 12.5 Å². The Kier molecular flexibility index (Phi) is 5.85. The molecule has 1 aromatic carbocycles. The molecule has 0 saturated carbocycles. The highest BCUT2D eigenvalue weighted by molar-refractivity contribution is 7.80. The van der Waals surface area contributed by atoms with Gasteiger partial charge in [-0.1, -0.05) is 11.6 Å². The molecular formula is C12H18ClNOS. The first kappa shape index (κ1) is 13.5. The fourth-order valence-electron chi connectivity index (χ4n) is 1.44. The fourth-order valence-corrected chi connectivity index (χ4v) is 1.81. The van der Waals surface area contributed by atoms with E-state index in [2.05, 4.69) is 24.6 Å². The van der Waals surface area contributed by atoms with Gasteiger partial charge in [-0.25, -0.2) is 0 Å². The minimum atomic E-state index is 0.633. The number of hydrogen-bond acceptors (Lipinski definition) is 3. The van der Waals surface area contributed by atoms with Crippen molar-refractivity contribution in [3.63, 3.8) is 0 Å². The molecule has 0 bridgehead atoms. The van der Waals surface area contributed by atoms with Gasteiger partial charge in [0.15, 0.2) is 0 Å². The van der Waals surface area contributed by atoms with Crippen LogP contribution in [0.5, 0.6) is 5.75 Å². The van der Waals surface area contributed by atoms with Gasteiger partial charge in [-0.05, 0) is 37.3 Å². The monoisotopic (exact) mass is 259 g/mol. The summed E-state index contributed by atoms with van der Waals surface area (Å²) in [5, 5.41) is 0.664. The molecule has 1 aromatic rings. The number of nitrogens with zero attached hydrogens (tertiary/aromatic N) is 1. The van der Waals surface area contributed by atoms with Gasteiger partial charge >= 0.3 is 0 Å². The highest BCUT2D eigenvalue weighted by Crippen LogP contribution is 2.29. The Balaban J connectivity index is 2.71. The van der Waals surface area contributed by atoms with Crippen LogP contribution in [0.1, 0.15) is 13.3 Å². The van der Waals surface area contributed by atoms with Crippen LogP contribution < -0.4 is 9.64 Å². The minimum absolute atomic E-state index is 0.633. The van der Waals surface area contributed by atoms with Crippen LogP contribution in [-0.4, -0.2) is 26.0 Å². The molecule has 2 nitrogen and oxygen atoms in total. The number of thiol groups is 1. The summed E-state index contributed by atoms with van der Waals surface area (Å²) in [7, 11) is 2.05. The normalized spacial score (nSPS) is 10.2. The van der Waals surface area contributed by atoms with Crippen molar-refractivity contribution in [1.82, 2.24) is 0 Å². The molecule has 0 saturated heterocycles. The molecule has 4 heteroatoms. The first-order valence-electron chi connectivity index (χ1n) is 5.43. The van der Waals surface area contributed by atoms with E-state index < -0.39 is 0 Å². The van der Waals surface area contributed by atoms with Crippen LogP contribution >= 0.6 is 24.2 Å². The van der Waals surface area contributed by atoms with Crippen LogP contribution in [0.3, 0.4) is 0 Å². The lowest BCUT2D eigenvalue weighted by molar-refractivity contribution is 0.340. The summed E-state index contributed by atoms with van der Waals surface area (Å²) in [5.74, 6) is 1.64. The van der Waals surface area contributed by atoms with Crippen molar-refractivity contribution in [2.24, 2.45) is 0 Å². The van der Waals surface area contributed by atoms with E-state index in [0.29, 0.717) is 11.6 Å². The van der Waals surface area contributed by atoms with E-state index in [9.17, 15) is 0 Å². The third-order valence-electron chi connectivity index (χ3n) is 2.31. The highest BCUT2D eigenvalue weighted by Gasteiger charge is 2.05. The molecule has 0 aromatic heterocycles. The maximum Gasteiger partial charge on any atom is 0.138 e. The Labute approximate surface area is 108 Å². The average Bonchev–Trinajstić information content (AvgIpc) is 2.29.